The second kappa shape index (κ2) is 3.44. The van der Waals surface area contributed by atoms with E-state index in [4.69, 9.17) is 11.6 Å². The highest BCUT2D eigenvalue weighted by Gasteiger charge is 2.13. The minimum absolute atomic E-state index is 0.569. The van der Waals surface area contributed by atoms with Gasteiger partial charge in [0.15, 0.2) is 0 Å². The summed E-state index contributed by atoms with van der Waals surface area (Å²) in [7, 11) is 0. The van der Waals surface area contributed by atoms with Gasteiger partial charge in [-0.1, -0.05) is 37.1 Å². The van der Waals surface area contributed by atoms with Gasteiger partial charge in [0.1, 0.15) is 0 Å². The van der Waals surface area contributed by atoms with Crippen molar-refractivity contribution in [3.63, 3.8) is 0 Å². The number of rotatable bonds is 1. The Balaban J connectivity index is 2.94. The van der Waals surface area contributed by atoms with Gasteiger partial charge in [0.2, 0.25) is 0 Å². The second-order valence-electron chi connectivity index (χ2n) is 3.40. The van der Waals surface area contributed by atoms with Crippen molar-refractivity contribution in [2.75, 3.05) is 0 Å². The van der Waals surface area contributed by atoms with Gasteiger partial charge in [-0.25, -0.2) is 0 Å². The highest BCUT2D eigenvalue weighted by molar-refractivity contribution is 6.30. The first-order valence-corrected chi connectivity index (χ1v) is 4.56. The van der Waals surface area contributed by atoms with Crippen LogP contribution in [0.3, 0.4) is 0 Å². The molecule has 1 rings (SSSR count). The topological polar surface area (TPSA) is 0 Å². The Morgan fingerprint density at radius 2 is 2.09 bits per heavy atom. The molecule has 11 heavy (non-hydrogen) atoms. The Bertz CT molecular complexity index is 209. The molecule has 1 aliphatic carbocycles. The summed E-state index contributed by atoms with van der Waals surface area (Å²) >= 11 is 6.11. The van der Waals surface area contributed by atoms with Gasteiger partial charge in [0.05, 0.1) is 0 Å². The first kappa shape index (κ1) is 8.86. The Hall–Kier alpha value is -0.230. The van der Waals surface area contributed by atoms with Gasteiger partial charge >= 0.3 is 0 Å². The Labute approximate surface area is 73.9 Å². The summed E-state index contributed by atoms with van der Waals surface area (Å²) in [5.41, 5.74) is 2.73. The Morgan fingerprint density at radius 3 is 2.45 bits per heavy atom. The van der Waals surface area contributed by atoms with Crippen LogP contribution in [0.15, 0.2) is 22.3 Å². The molecule has 0 amide bonds. The highest BCUT2D eigenvalue weighted by atomic mass is 35.5. The lowest BCUT2D eigenvalue weighted by atomic mass is 9.90. The van der Waals surface area contributed by atoms with Crippen molar-refractivity contribution in [1.82, 2.24) is 0 Å². The summed E-state index contributed by atoms with van der Waals surface area (Å²) in [4.78, 5) is 0. The average Bonchev–Trinajstić information content (AvgIpc) is 1.85. The summed E-state index contributed by atoms with van der Waals surface area (Å²) in [5, 5.41) is 1.07. The van der Waals surface area contributed by atoms with Gasteiger partial charge in [-0.3, -0.25) is 0 Å². The number of hydrogen-bond donors (Lipinski definition) is 0. The lowest BCUT2D eigenvalue weighted by Crippen LogP contribution is -2.02. The standard InChI is InChI=1S/C10H15Cl/c1-7(2)10-8(3)5-4-6-9(10)11/h5,7H,4,6H2,1-3H3. The molecule has 1 aliphatic rings. The summed E-state index contributed by atoms with van der Waals surface area (Å²) in [5.74, 6) is 0.569. The normalized spacial score (nSPS) is 19.2. The van der Waals surface area contributed by atoms with E-state index in [1.54, 1.807) is 0 Å². The summed E-state index contributed by atoms with van der Waals surface area (Å²) in [6, 6.07) is 0. The van der Waals surface area contributed by atoms with Crippen molar-refractivity contribution in [2.45, 2.75) is 33.6 Å². The van der Waals surface area contributed by atoms with Crippen molar-refractivity contribution < 1.29 is 0 Å². The van der Waals surface area contributed by atoms with Gasteiger partial charge < -0.3 is 0 Å². The molecular formula is C10H15Cl. The average molecular weight is 171 g/mol. The number of hydrogen-bond acceptors (Lipinski definition) is 0. The molecule has 62 valence electrons. The van der Waals surface area contributed by atoms with Gasteiger partial charge in [-0.2, -0.15) is 0 Å². The molecule has 0 saturated heterocycles. The van der Waals surface area contributed by atoms with E-state index in [-0.39, 0.29) is 0 Å². The molecule has 0 aromatic rings. The fourth-order valence-corrected chi connectivity index (χ4v) is 2.12. The summed E-state index contributed by atoms with van der Waals surface area (Å²) in [6.45, 7) is 6.54. The Kier molecular flexibility index (Phi) is 2.78. The maximum absolute atomic E-state index is 6.11. The first-order chi connectivity index (χ1) is 5.13. The van der Waals surface area contributed by atoms with E-state index in [9.17, 15) is 0 Å². The monoisotopic (exact) mass is 170 g/mol. The third-order valence-corrected chi connectivity index (χ3v) is 2.50. The van der Waals surface area contributed by atoms with E-state index in [2.05, 4.69) is 26.8 Å². The fourth-order valence-electron chi connectivity index (χ4n) is 1.64. The predicted molar refractivity (Wildman–Crippen MR) is 50.7 cm³/mol. The quantitative estimate of drug-likeness (QED) is 0.561. The second-order valence-corrected chi connectivity index (χ2v) is 3.86. The predicted octanol–water partition coefficient (Wildman–Crippen LogP) is 3.88. The van der Waals surface area contributed by atoms with Gasteiger partial charge in [-0.15, -0.1) is 0 Å². The molecule has 0 nitrogen and oxygen atoms in total. The molecule has 0 radical (unpaired) electrons. The zero-order chi connectivity index (χ0) is 8.43. The van der Waals surface area contributed by atoms with Crippen LogP contribution in [0.4, 0.5) is 0 Å². The molecule has 1 heteroatoms. The molecule has 0 unspecified atom stereocenters. The van der Waals surface area contributed by atoms with Crippen LogP contribution in [0.5, 0.6) is 0 Å². The minimum Gasteiger partial charge on any atom is -0.0888 e. The molecule has 0 atom stereocenters. The lowest BCUT2D eigenvalue weighted by molar-refractivity contribution is 0.751. The van der Waals surface area contributed by atoms with E-state index in [0.29, 0.717) is 5.92 Å². The Morgan fingerprint density at radius 1 is 1.45 bits per heavy atom. The molecule has 0 aromatic carbocycles. The van der Waals surface area contributed by atoms with Crippen molar-refractivity contribution in [3.8, 4) is 0 Å². The molecule has 0 aromatic heterocycles. The first-order valence-electron chi connectivity index (χ1n) is 4.18. The van der Waals surface area contributed by atoms with Crippen molar-refractivity contribution in [3.05, 3.63) is 22.3 Å². The summed E-state index contributed by atoms with van der Waals surface area (Å²) in [6.07, 6.45) is 4.43. The SMILES string of the molecule is CC1=CCCC(Cl)=C1C(C)C. The molecule has 0 fully saturated rings. The van der Waals surface area contributed by atoms with Crippen molar-refractivity contribution in [1.29, 1.82) is 0 Å². The molecule has 0 heterocycles. The summed E-state index contributed by atoms with van der Waals surface area (Å²) < 4.78 is 0. The molecule has 0 aliphatic heterocycles. The van der Waals surface area contributed by atoms with Crippen LogP contribution in [0.2, 0.25) is 0 Å². The molecular weight excluding hydrogens is 156 g/mol. The highest BCUT2D eigenvalue weighted by Crippen LogP contribution is 2.32. The molecule has 0 saturated carbocycles. The van der Waals surface area contributed by atoms with Crippen molar-refractivity contribution in [2.24, 2.45) is 5.92 Å². The van der Waals surface area contributed by atoms with Gasteiger partial charge in [0, 0.05) is 5.03 Å². The maximum atomic E-state index is 6.11. The smallest absolute Gasteiger partial charge is 0.0221 e. The van der Waals surface area contributed by atoms with Crippen molar-refractivity contribution >= 4 is 11.6 Å². The zero-order valence-corrected chi connectivity index (χ0v) is 8.20. The van der Waals surface area contributed by atoms with Gasteiger partial charge in [0.25, 0.3) is 0 Å². The van der Waals surface area contributed by atoms with Crippen LogP contribution in [0, 0.1) is 5.92 Å². The minimum atomic E-state index is 0.569. The lowest BCUT2D eigenvalue weighted by Gasteiger charge is -2.18. The van der Waals surface area contributed by atoms with Crippen LogP contribution in [-0.4, -0.2) is 0 Å². The van der Waals surface area contributed by atoms with Gasteiger partial charge in [-0.05, 0) is 31.3 Å². The van der Waals surface area contributed by atoms with Crippen LogP contribution >= 0.6 is 11.6 Å². The van der Waals surface area contributed by atoms with E-state index >= 15 is 0 Å². The van der Waals surface area contributed by atoms with Crippen LogP contribution in [0.25, 0.3) is 0 Å². The van der Waals surface area contributed by atoms with E-state index in [0.717, 1.165) is 17.9 Å². The fraction of sp³-hybridized carbons (Fsp3) is 0.600. The molecule has 0 N–H and O–H groups in total. The number of allylic oxidation sites excluding steroid dienone is 4. The zero-order valence-electron chi connectivity index (χ0n) is 7.45. The van der Waals surface area contributed by atoms with E-state index in [1.165, 1.54) is 11.1 Å². The third kappa shape index (κ3) is 1.87. The van der Waals surface area contributed by atoms with Crippen LogP contribution in [-0.2, 0) is 0 Å². The van der Waals surface area contributed by atoms with Crippen LogP contribution in [0.1, 0.15) is 33.6 Å². The van der Waals surface area contributed by atoms with E-state index < -0.39 is 0 Å². The maximum Gasteiger partial charge on any atom is 0.0221 e. The van der Waals surface area contributed by atoms with E-state index in [1.807, 2.05) is 0 Å². The molecule has 0 spiro atoms. The number of halogens is 1. The molecule has 0 bridgehead atoms. The largest absolute Gasteiger partial charge is 0.0888 e. The third-order valence-electron chi connectivity index (χ3n) is 2.11. The van der Waals surface area contributed by atoms with Crippen LogP contribution < -0.4 is 0 Å².